The Morgan fingerprint density at radius 2 is 0.636 bits per heavy atom. The average molecular weight is 811 g/mol. The molecule has 25 nitrogen and oxygen atoms in total. The maximum absolute atomic E-state index is 11.1. The Kier molecular flexibility index (Phi) is 14.7. The van der Waals surface area contributed by atoms with E-state index in [2.05, 4.69) is 0 Å². The maximum Gasteiger partial charge on any atom is 0.187 e. The molecule has 0 bridgehead atoms. The van der Waals surface area contributed by atoms with E-state index in [4.69, 9.17) is 52.1 Å². The van der Waals surface area contributed by atoms with Crippen molar-refractivity contribution in [3.8, 4) is 0 Å². The van der Waals surface area contributed by atoms with Crippen LogP contribution < -0.4 is 0 Å². The van der Waals surface area contributed by atoms with Crippen molar-refractivity contribution in [2.75, 3.05) is 39.6 Å². The first-order chi connectivity index (χ1) is 26.2. The van der Waals surface area contributed by atoms with E-state index in [-0.39, 0.29) is 0 Å². The quantitative estimate of drug-likeness (QED) is 0.0688. The molecular weight excluding hydrogens is 760 g/mol. The van der Waals surface area contributed by atoms with Gasteiger partial charge in [0.1, 0.15) is 110 Å². The fourth-order valence-corrected chi connectivity index (χ4v) is 6.99. The van der Waals surface area contributed by atoms with Gasteiger partial charge in [0.2, 0.25) is 0 Å². The molecule has 0 spiro atoms. The van der Waals surface area contributed by atoms with Crippen molar-refractivity contribution in [2.24, 2.45) is 0 Å². The predicted molar refractivity (Wildman–Crippen MR) is 163 cm³/mol. The summed E-state index contributed by atoms with van der Waals surface area (Å²) in [6.07, 6.45) is -35.7. The molecule has 24 atom stereocenters. The van der Waals surface area contributed by atoms with Crippen LogP contribution in [0.4, 0.5) is 0 Å². The first kappa shape index (κ1) is 43.6. The molecule has 0 aliphatic carbocycles. The molecule has 6 aliphatic heterocycles. The summed E-state index contributed by atoms with van der Waals surface area (Å²) in [5, 5.41) is 142. The van der Waals surface area contributed by atoms with Gasteiger partial charge in [0.15, 0.2) is 37.7 Å². The molecule has 6 saturated heterocycles. The molecule has 0 aromatic heterocycles. The lowest BCUT2D eigenvalue weighted by atomic mass is 10.1. The first-order valence-electron chi connectivity index (χ1n) is 17.6. The summed E-state index contributed by atoms with van der Waals surface area (Å²) >= 11 is 0. The number of hydrogen-bond donors (Lipinski definition) is 14. The standard InChI is InChI=1S/C30H50O25/c31-1-7-13(34)19(40)29(49-7)54-23-9(3-33)51-27(21(23)42)46-5-11-16(37)18(39)26(52-11)47-6-12-24(55-30-20(41)14(35)8(2-32)50-30)22(43)28(53-12)45-4-10-15(36)17(38)25(44)48-10/h7-44H,1-6H2/t7-,8-,9-,10-,11-,12-,13-,14-,15-,16-,17+,18+,19+,20+,21+,22+,23-,24-,25-,26+,27+,28+,29-,30-/m1/s1. The van der Waals surface area contributed by atoms with E-state index in [0.717, 1.165) is 0 Å². The van der Waals surface area contributed by atoms with Crippen LogP contribution in [0, 0.1) is 0 Å². The van der Waals surface area contributed by atoms with Gasteiger partial charge in [-0.05, 0) is 0 Å². The van der Waals surface area contributed by atoms with Gasteiger partial charge in [-0.25, -0.2) is 0 Å². The zero-order chi connectivity index (χ0) is 39.9. The monoisotopic (exact) mass is 810 g/mol. The van der Waals surface area contributed by atoms with Gasteiger partial charge < -0.3 is 124 Å². The largest absolute Gasteiger partial charge is 0.394 e. The summed E-state index contributed by atoms with van der Waals surface area (Å²) in [6, 6.07) is 0. The van der Waals surface area contributed by atoms with Crippen LogP contribution in [0.15, 0.2) is 0 Å². The highest BCUT2D eigenvalue weighted by molar-refractivity contribution is 4.96. The molecule has 0 unspecified atom stereocenters. The molecule has 0 radical (unpaired) electrons. The average Bonchev–Trinajstić information content (AvgIpc) is 3.95. The summed E-state index contributed by atoms with van der Waals surface area (Å²) in [5.74, 6) is 0. The molecule has 320 valence electrons. The van der Waals surface area contributed by atoms with Gasteiger partial charge in [0.05, 0.1) is 39.6 Å². The van der Waals surface area contributed by atoms with Gasteiger partial charge in [-0.2, -0.15) is 0 Å². The fraction of sp³-hybridized carbons (Fsp3) is 1.00. The van der Waals surface area contributed by atoms with Crippen LogP contribution in [-0.4, -0.2) is 259 Å². The van der Waals surface area contributed by atoms with E-state index in [1.54, 1.807) is 0 Å². The van der Waals surface area contributed by atoms with E-state index in [0.29, 0.717) is 0 Å². The molecule has 6 rings (SSSR count). The van der Waals surface area contributed by atoms with Gasteiger partial charge in [0, 0.05) is 0 Å². The molecule has 6 heterocycles. The van der Waals surface area contributed by atoms with Crippen molar-refractivity contribution >= 4 is 0 Å². The summed E-state index contributed by atoms with van der Waals surface area (Å²) < 4.78 is 60.6. The Bertz CT molecular complexity index is 1210. The molecule has 6 aliphatic rings. The second kappa shape index (κ2) is 18.5. The van der Waals surface area contributed by atoms with Gasteiger partial charge in [0.25, 0.3) is 0 Å². The minimum atomic E-state index is -1.70. The first-order valence-corrected chi connectivity index (χ1v) is 17.6. The van der Waals surface area contributed by atoms with E-state index in [1.165, 1.54) is 0 Å². The lowest BCUT2D eigenvalue weighted by molar-refractivity contribution is -0.232. The Labute approximate surface area is 311 Å². The van der Waals surface area contributed by atoms with Gasteiger partial charge in [-0.15, -0.1) is 0 Å². The van der Waals surface area contributed by atoms with E-state index in [9.17, 15) is 71.5 Å². The van der Waals surface area contributed by atoms with Crippen LogP contribution in [-0.2, 0) is 52.1 Å². The highest BCUT2D eigenvalue weighted by Crippen LogP contribution is 2.34. The Hall–Kier alpha value is -1.00. The third-order valence-corrected chi connectivity index (χ3v) is 10.3. The predicted octanol–water partition coefficient (Wildman–Crippen LogP) is -10.3. The van der Waals surface area contributed by atoms with Crippen LogP contribution in [0.2, 0.25) is 0 Å². The fourth-order valence-electron chi connectivity index (χ4n) is 6.99. The van der Waals surface area contributed by atoms with Crippen molar-refractivity contribution < 1.29 is 124 Å². The second-order valence-corrected chi connectivity index (χ2v) is 13.9. The number of aliphatic hydroxyl groups excluding tert-OH is 14. The summed E-state index contributed by atoms with van der Waals surface area (Å²) in [4.78, 5) is 0. The van der Waals surface area contributed by atoms with Crippen LogP contribution >= 0.6 is 0 Å². The molecule has 25 heteroatoms. The van der Waals surface area contributed by atoms with E-state index < -0.39 is 187 Å². The lowest BCUT2D eigenvalue weighted by Crippen LogP contribution is -2.44. The number of hydrogen-bond acceptors (Lipinski definition) is 25. The minimum Gasteiger partial charge on any atom is -0.394 e. The number of rotatable bonds is 16. The molecule has 6 fully saturated rings. The van der Waals surface area contributed by atoms with Gasteiger partial charge in [-0.3, -0.25) is 0 Å². The highest BCUT2D eigenvalue weighted by atomic mass is 16.8. The molecular formula is C30H50O25. The van der Waals surface area contributed by atoms with Crippen LogP contribution in [0.5, 0.6) is 0 Å². The third-order valence-electron chi connectivity index (χ3n) is 10.3. The number of aliphatic hydroxyl groups is 14. The van der Waals surface area contributed by atoms with E-state index in [1.807, 2.05) is 0 Å². The van der Waals surface area contributed by atoms with Crippen molar-refractivity contribution in [3.63, 3.8) is 0 Å². The molecule has 14 N–H and O–H groups in total. The van der Waals surface area contributed by atoms with Gasteiger partial charge >= 0.3 is 0 Å². The normalized spacial score (nSPS) is 52.9. The molecule has 0 aromatic rings. The molecule has 0 aromatic carbocycles. The summed E-state index contributed by atoms with van der Waals surface area (Å²) in [5.41, 5.74) is 0. The highest BCUT2D eigenvalue weighted by Gasteiger charge is 2.54. The summed E-state index contributed by atoms with van der Waals surface area (Å²) in [7, 11) is 0. The summed E-state index contributed by atoms with van der Waals surface area (Å²) in [6.45, 7) is -3.57. The maximum atomic E-state index is 11.1. The van der Waals surface area contributed by atoms with Crippen molar-refractivity contribution in [3.05, 3.63) is 0 Å². The Morgan fingerprint density at radius 1 is 0.309 bits per heavy atom. The Balaban J connectivity index is 1.04. The zero-order valence-electron chi connectivity index (χ0n) is 28.9. The minimum absolute atomic E-state index is 0.502. The third kappa shape index (κ3) is 8.97. The SMILES string of the molecule is OC[C@H]1O[C@H](O[C@H]2[C@H](O)[C@@H](OC[C@H]3O[C@H](OC[C@H]4O[C@H](OC[C@H]5O[C@@H](O)[C@@H](O)[C@@H]5O)[C@@H](O)[C@@H]4O[C@H]4O[C@H](CO)[C@@H](O)[C@@H]4O)[C@@H](O)[C@@H]3O)O[C@@H]2CO)[C@@H](O)[C@@H]1O. The van der Waals surface area contributed by atoms with Crippen molar-refractivity contribution in [1.82, 2.24) is 0 Å². The molecule has 0 saturated carbocycles. The molecule has 0 amide bonds. The lowest BCUT2D eigenvalue weighted by Gasteiger charge is -2.26. The Morgan fingerprint density at radius 3 is 1.07 bits per heavy atom. The number of ether oxygens (including phenoxy) is 11. The van der Waals surface area contributed by atoms with Crippen LogP contribution in [0.1, 0.15) is 0 Å². The second-order valence-electron chi connectivity index (χ2n) is 13.9. The smallest absolute Gasteiger partial charge is 0.187 e. The van der Waals surface area contributed by atoms with Crippen LogP contribution in [0.3, 0.4) is 0 Å². The van der Waals surface area contributed by atoms with Gasteiger partial charge in [-0.1, -0.05) is 0 Å². The van der Waals surface area contributed by atoms with Crippen molar-refractivity contribution in [2.45, 2.75) is 148 Å². The van der Waals surface area contributed by atoms with E-state index >= 15 is 0 Å². The zero-order valence-corrected chi connectivity index (χ0v) is 28.9. The van der Waals surface area contributed by atoms with Crippen LogP contribution in [0.25, 0.3) is 0 Å². The molecule has 55 heavy (non-hydrogen) atoms. The van der Waals surface area contributed by atoms with Crippen molar-refractivity contribution in [1.29, 1.82) is 0 Å². The topological polar surface area (TPSA) is 385 Å².